The minimum Gasteiger partial charge on any atom is -0.494 e. The van der Waals surface area contributed by atoms with Crippen LogP contribution in [0.5, 0.6) is 5.75 Å². The van der Waals surface area contributed by atoms with Crippen LogP contribution in [0, 0.1) is 0 Å². The summed E-state index contributed by atoms with van der Waals surface area (Å²) in [6.45, 7) is 0. The van der Waals surface area contributed by atoms with Gasteiger partial charge in [0.1, 0.15) is 10.6 Å². The molecule has 0 atom stereocenters. The summed E-state index contributed by atoms with van der Waals surface area (Å²) in [6.07, 6.45) is 0. The topological polar surface area (TPSA) is 67.4 Å². The number of halogens is 1. The molecule has 4 aromatic carbocycles. The minimum absolute atomic E-state index is 0.178. The first-order chi connectivity index (χ1) is 17.5. The summed E-state index contributed by atoms with van der Waals surface area (Å²) in [6, 6.07) is 27.9. The molecule has 1 aromatic heterocycles. The van der Waals surface area contributed by atoms with Gasteiger partial charge in [0.05, 0.1) is 7.11 Å². The van der Waals surface area contributed by atoms with Crippen molar-refractivity contribution in [1.82, 2.24) is 0 Å². The molecule has 0 spiro atoms. The second kappa shape index (κ2) is 10.2. The molecule has 0 saturated heterocycles. The van der Waals surface area contributed by atoms with Gasteiger partial charge in [0.15, 0.2) is 0 Å². The van der Waals surface area contributed by atoms with Gasteiger partial charge in [-0.1, -0.05) is 54.1 Å². The lowest BCUT2D eigenvalue weighted by molar-refractivity contribution is 0.101. The number of carbonyl (C=O) groups excluding carboxylic acids is 2. The maximum Gasteiger partial charge on any atom is 0.269 e. The third-order valence-corrected chi connectivity index (χ3v) is 6.94. The van der Waals surface area contributed by atoms with Gasteiger partial charge in [-0.25, -0.2) is 0 Å². The number of amides is 2. The van der Waals surface area contributed by atoms with Crippen LogP contribution in [0.4, 0.5) is 11.4 Å². The Kier molecular flexibility index (Phi) is 6.71. The van der Waals surface area contributed by atoms with Crippen molar-refractivity contribution in [3.05, 3.63) is 112 Å². The number of hydrogen-bond acceptors (Lipinski definition) is 4. The fraction of sp³-hybridized carbons (Fsp3) is 0.0345. The molecule has 0 saturated carbocycles. The zero-order valence-electron chi connectivity index (χ0n) is 19.2. The molecule has 0 unspecified atom stereocenters. The first-order valence-electron chi connectivity index (χ1n) is 11.1. The lowest BCUT2D eigenvalue weighted by Gasteiger charge is -2.09. The predicted octanol–water partition coefficient (Wildman–Crippen LogP) is 7.73. The standard InChI is InChI=1S/C29H21ClN2O3S/c1-35-26-25(17-36-27(26)29(34)32-24-14-10-22(30)11-15-24)19-8-12-23(13-9-19)31-28(33)21-7-6-18-4-2-3-5-20(18)16-21/h2-17H,1H3,(H,31,33)(H,32,34). The van der Waals surface area contributed by atoms with E-state index in [0.29, 0.717) is 32.6 Å². The van der Waals surface area contributed by atoms with E-state index in [2.05, 4.69) is 10.6 Å². The maximum absolute atomic E-state index is 12.9. The molecule has 0 aliphatic rings. The molecule has 178 valence electrons. The average molecular weight is 513 g/mol. The number of thiophene rings is 1. The van der Waals surface area contributed by atoms with Gasteiger partial charge in [0.25, 0.3) is 11.8 Å². The molecular formula is C29H21ClN2O3S. The number of rotatable bonds is 6. The average Bonchev–Trinajstić information content (AvgIpc) is 3.34. The van der Waals surface area contributed by atoms with Gasteiger partial charge < -0.3 is 15.4 Å². The molecule has 5 rings (SSSR count). The number of carbonyl (C=O) groups is 2. The van der Waals surface area contributed by atoms with E-state index in [-0.39, 0.29) is 11.8 Å². The van der Waals surface area contributed by atoms with Gasteiger partial charge in [0.2, 0.25) is 0 Å². The highest BCUT2D eigenvalue weighted by atomic mass is 35.5. The number of benzene rings is 4. The summed E-state index contributed by atoms with van der Waals surface area (Å²) in [5.74, 6) is 0.0619. The predicted molar refractivity (Wildman–Crippen MR) is 148 cm³/mol. The van der Waals surface area contributed by atoms with Crippen molar-refractivity contribution in [2.75, 3.05) is 17.7 Å². The second-order valence-electron chi connectivity index (χ2n) is 8.07. The van der Waals surface area contributed by atoms with Crippen molar-refractivity contribution in [2.24, 2.45) is 0 Å². The Morgan fingerprint density at radius 2 is 1.42 bits per heavy atom. The molecule has 1 heterocycles. The molecule has 36 heavy (non-hydrogen) atoms. The largest absolute Gasteiger partial charge is 0.494 e. The van der Waals surface area contributed by atoms with Crippen molar-refractivity contribution in [3.8, 4) is 16.9 Å². The van der Waals surface area contributed by atoms with Crippen LogP contribution in [0.1, 0.15) is 20.0 Å². The highest BCUT2D eigenvalue weighted by Gasteiger charge is 2.20. The van der Waals surface area contributed by atoms with E-state index >= 15 is 0 Å². The lowest BCUT2D eigenvalue weighted by Crippen LogP contribution is -2.11. The lowest BCUT2D eigenvalue weighted by atomic mass is 10.1. The van der Waals surface area contributed by atoms with Gasteiger partial charge in [0, 0.05) is 32.9 Å². The zero-order chi connectivity index (χ0) is 25.1. The van der Waals surface area contributed by atoms with Crippen LogP contribution < -0.4 is 15.4 Å². The molecule has 7 heteroatoms. The van der Waals surface area contributed by atoms with Crippen molar-refractivity contribution in [2.45, 2.75) is 0 Å². The zero-order valence-corrected chi connectivity index (χ0v) is 20.8. The van der Waals surface area contributed by atoms with Crippen LogP contribution in [0.15, 0.2) is 96.4 Å². The highest BCUT2D eigenvalue weighted by Crippen LogP contribution is 2.39. The van der Waals surface area contributed by atoms with Crippen molar-refractivity contribution in [3.63, 3.8) is 0 Å². The number of hydrogen-bond donors (Lipinski definition) is 2. The molecule has 5 aromatic rings. The van der Waals surface area contributed by atoms with Crippen LogP contribution in [0.25, 0.3) is 21.9 Å². The van der Waals surface area contributed by atoms with Crippen LogP contribution >= 0.6 is 22.9 Å². The van der Waals surface area contributed by atoms with Crippen LogP contribution in [-0.2, 0) is 0 Å². The molecule has 0 aliphatic heterocycles. The van der Waals surface area contributed by atoms with E-state index in [9.17, 15) is 9.59 Å². The van der Waals surface area contributed by atoms with E-state index in [1.807, 2.05) is 72.1 Å². The monoisotopic (exact) mass is 512 g/mol. The molecule has 5 nitrogen and oxygen atoms in total. The number of fused-ring (bicyclic) bond motifs is 1. The normalized spacial score (nSPS) is 10.7. The molecule has 2 N–H and O–H groups in total. The van der Waals surface area contributed by atoms with Gasteiger partial charge >= 0.3 is 0 Å². The van der Waals surface area contributed by atoms with Crippen LogP contribution in [0.2, 0.25) is 5.02 Å². The number of methoxy groups -OCH3 is 1. The van der Waals surface area contributed by atoms with Crippen LogP contribution in [0.3, 0.4) is 0 Å². The number of nitrogens with one attached hydrogen (secondary N) is 2. The molecule has 0 radical (unpaired) electrons. The van der Waals surface area contributed by atoms with Gasteiger partial charge in [-0.3, -0.25) is 9.59 Å². The Balaban J connectivity index is 1.32. The Labute approximate surface area is 217 Å². The van der Waals surface area contributed by atoms with E-state index < -0.39 is 0 Å². The van der Waals surface area contributed by atoms with Gasteiger partial charge in [-0.15, -0.1) is 11.3 Å². The number of anilines is 2. The van der Waals surface area contributed by atoms with E-state index in [4.69, 9.17) is 16.3 Å². The summed E-state index contributed by atoms with van der Waals surface area (Å²) >= 11 is 7.23. The van der Waals surface area contributed by atoms with Gasteiger partial charge in [-0.05, 0) is 64.9 Å². The molecule has 0 fully saturated rings. The van der Waals surface area contributed by atoms with Gasteiger partial charge in [-0.2, -0.15) is 0 Å². The maximum atomic E-state index is 12.9. The fourth-order valence-corrected chi connectivity index (χ4v) is 4.96. The smallest absolute Gasteiger partial charge is 0.269 e. The first kappa shape index (κ1) is 23.6. The SMILES string of the molecule is COc1c(-c2ccc(NC(=O)c3ccc4ccccc4c3)cc2)csc1C(=O)Nc1ccc(Cl)cc1. The summed E-state index contributed by atoms with van der Waals surface area (Å²) < 4.78 is 5.60. The molecule has 0 bridgehead atoms. The molecular weight excluding hydrogens is 492 g/mol. The molecule has 2 amide bonds. The third-order valence-electron chi connectivity index (χ3n) is 5.72. The van der Waals surface area contributed by atoms with Crippen LogP contribution in [-0.4, -0.2) is 18.9 Å². The second-order valence-corrected chi connectivity index (χ2v) is 9.38. The molecule has 0 aliphatic carbocycles. The van der Waals surface area contributed by atoms with Crippen molar-refractivity contribution in [1.29, 1.82) is 0 Å². The summed E-state index contributed by atoms with van der Waals surface area (Å²) in [7, 11) is 1.54. The summed E-state index contributed by atoms with van der Waals surface area (Å²) in [5, 5.41) is 10.4. The number of ether oxygens (including phenoxy) is 1. The Hall–Kier alpha value is -4.13. The van der Waals surface area contributed by atoms with E-state index in [0.717, 1.165) is 21.9 Å². The van der Waals surface area contributed by atoms with E-state index in [1.165, 1.54) is 11.3 Å². The first-order valence-corrected chi connectivity index (χ1v) is 12.4. The van der Waals surface area contributed by atoms with E-state index in [1.54, 1.807) is 31.4 Å². The summed E-state index contributed by atoms with van der Waals surface area (Å²) in [4.78, 5) is 26.1. The third kappa shape index (κ3) is 4.96. The Bertz CT molecular complexity index is 1560. The Morgan fingerprint density at radius 3 is 2.11 bits per heavy atom. The highest BCUT2D eigenvalue weighted by molar-refractivity contribution is 7.13. The Morgan fingerprint density at radius 1 is 0.778 bits per heavy atom. The fourth-order valence-electron chi connectivity index (χ4n) is 3.89. The van der Waals surface area contributed by atoms with Crippen molar-refractivity contribution < 1.29 is 14.3 Å². The quantitative estimate of drug-likeness (QED) is 0.244. The summed E-state index contributed by atoms with van der Waals surface area (Å²) in [5.41, 5.74) is 3.59. The minimum atomic E-state index is -0.260. The van der Waals surface area contributed by atoms with Crippen molar-refractivity contribution >= 4 is 56.9 Å².